The molecule has 2 aliphatic carbocycles. The zero-order valence-corrected chi connectivity index (χ0v) is 51.2. The monoisotopic (exact) mass is 1180 g/mol. The summed E-state index contributed by atoms with van der Waals surface area (Å²) in [6.45, 7) is 18.4. The van der Waals surface area contributed by atoms with Gasteiger partial charge in [0.2, 0.25) is 0 Å². The van der Waals surface area contributed by atoms with E-state index < -0.39 is 0 Å². The van der Waals surface area contributed by atoms with Crippen LogP contribution in [-0.4, -0.2) is 34.2 Å². The van der Waals surface area contributed by atoms with E-state index in [-0.39, 0.29) is 0 Å². The Kier molecular flexibility index (Phi) is 13.6. The van der Waals surface area contributed by atoms with Gasteiger partial charge in [-0.25, -0.2) is 9.97 Å². The first kappa shape index (κ1) is 52.6. The molecule has 80 heavy (non-hydrogen) atoms. The summed E-state index contributed by atoms with van der Waals surface area (Å²) in [6.07, 6.45) is 11.3. The van der Waals surface area contributed by atoms with E-state index in [0.717, 1.165) is 159 Å². The average molecular weight is 1180 g/mol. The Hall–Kier alpha value is -6.74. The molecule has 0 saturated heterocycles. The van der Waals surface area contributed by atoms with E-state index in [0.29, 0.717) is 0 Å². The van der Waals surface area contributed by atoms with Crippen LogP contribution in [-0.2, 0) is 38.5 Å². The quantitative estimate of drug-likeness (QED) is 0.174. The molecule has 13 aliphatic rings. The highest BCUT2D eigenvalue weighted by molar-refractivity contribution is 9.11. The molecular formula is C72H70Br2N4O2. The van der Waals surface area contributed by atoms with Crippen LogP contribution in [0.1, 0.15) is 147 Å². The minimum Gasteiger partial charge on any atom is -0.495 e. The van der Waals surface area contributed by atoms with Gasteiger partial charge in [-0.3, -0.25) is 0 Å². The number of aromatic amines is 2. The molecular weight excluding hydrogens is 1110 g/mol. The molecule has 3 aromatic heterocycles. The SMILES string of the molecule is CCC1=C(C)c2nc1cc1[nH]c(c(C)c1CC)c1c3[nH]c(cc4nc(c2-c2cccc5c2-c2ccc(cc2-5)CCCCc2c(Br)c(OC)c(c(Br)c2OC)CCCCc2ccc5c(c2)-c2c-5cccc2-1)C(C)=C4CC)c(CC)c3C. The van der Waals surface area contributed by atoms with Gasteiger partial charge in [-0.2, -0.15) is 0 Å². The highest BCUT2D eigenvalue weighted by atomic mass is 79.9. The lowest BCUT2D eigenvalue weighted by molar-refractivity contribution is 0.388. The normalized spacial score (nSPS) is 14.4. The third-order valence-electron chi connectivity index (χ3n) is 18.6. The predicted octanol–water partition coefficient (Wildman–Crippen LogP) is 20.4. The molecule has 404 valence electrons. The van der Waals surface area contributed by atoms with E-state index in [4.69, 9.17) is 19.4 Å². The molecule has 14 heterocycles. The highest BCUT2D eigenvalue weighted by Crippen LogP contribution is 2.57. The fraction of sp³-hybridized carbons (Fsp3) is 0.306. The number of methoxy groups -OCH3 is 2. The van der Waals surface area contributed by atoms with E-state index in [1.54, 1.807) is 14.2 Å². The molecule has 21 rings (SSSR count). The van der Waals surface area contributed by atoms with Crippen LogP contribution in [0.15, 0.2) is 93.9 Å². The van der Waals surface area contributed by atoms with Crippen LogP contribution in [0.25, 0.3) is 111 Å². The fourth-order valence-corrected chi connectivity index (χ4v) is 16.1. The first-order chi connectivity index (χ1) is 38.9. The molecule has 6 nitrogen and oxygen atoms in total. The van der Waals surface area contributed by atoms with Crippen molar-refractivity contribution in [3.63, 3.8) is 0 Å². The maximum Gasteiger partial charge on any atom is 0.137 e. The van der Waals surface area contributed by atoms with Gasteiger partial charge in [0, 0.05) is 33.3 Å². The first-order valence-corrected chi connectivity index (χ1v) is 30.9. The van der Waals surface area contributed by atoms with Crippen molar-refractivity contribution in [1.82, 2.24) is 19.9 Å². The minimum absolute atomic E-state index is 0.860. The summed E-state index contributed by atoms with van der Waals surface area (Å²) in [5.41, 5.74) is 39.1. The number of hydrogen-bond donors (Lipinski definition) is 2. The average Bonchev–Trinajstić information content (AvgIpc) is 4.25. The summed E-state index contributed by atoms with van der Waals surface area (Å²) in [5.74, 6) is 1.80. The molecule has 5 aromatic carbocycles. The molecule has 8 heteroatoms. The molecule has 0 saturated carbocycles. The number of halogens is 2. The number of aromatic nitrogens is 4. The highest BCUT2D eigenvalue weighted by Gasteiger charge is 2.34. The standard InChI is InChI=1S/C72H70Br2N4O2/c1-11-43-37(5)67-63-51-27-20-26-49-55-33-41(30-32-50(55)61(49)51)21-15-17-23-53-65(73)72(80-10)54(66(74)71(53)79-9)24-18-16-22-42-29-31-47-48-25-19-28-52(62(48)56(47)34-42)64(69-39(7)45(13-3)59(77-69)35-57(43)75-67)70-40(8)46(14-4)60(78-70)36-58-44(12-2)38(6)68(63)76-58/h19-20,25-36,77-78H,11-18,21-24H2,1-10H3. The second-order valence-corrected chi connectivity index (χ2v) is 24.3. The largest absolute Gasteiger partial charge is 0.495 e. The van der Waals surface area contributed by atoms with Crippen LogP contribution in [0.5, 0.6) is 11.5 Å². The molecule has 8 aromatic rings. The smallest absolute Gasteiger partial charge is 0.137 e. The summed E-state index contributed by atoms with van der Waals surface area (Å²) < 4.78 is 14.4. The summed E-state index contributed by atoms with van der Waals surface area (Å²) in [6, 6.07) is 32.9. The van der Waals surface area contributed by atoms with E-state index in [2.05, 4.69) is 182 Å². The lowest BCUT2D eigenvalue weighted by atomic mass is 9.75. The van der Waals surface area contributed by atoms with E-state index in [9.17, 15) is 0 Å². The zero-order chi connectivity index (χ0) is 55.4. The van der Waals surface area contributed by atoms with Crippen LogP contribution in [0.3, 0.4) is 0 Å². The number of benzene rings is 5. The number of H-pyrrole nitrogens is 2. The Labute approximate surface area is 488 Å². The number of hydrogen-bond acceptors (Lipinski definition) is 4. The van der Waals surface area contributed by atoms with Crippen molar-refractivity contribution in [2.24, 2.45) is 0 Å². The molecule has 0 radical (unpaired) electrons. The molecule has 0 amide bonds. The van der Waals surface area contributed by atoms with Crippen molar-refractivity contribution in [3.8, 4) is 78.3 Å². The zero-order valence-electron chi connectivity index (χ0n) is 48.0. The van der Waals surface area contributed by atoms with Gasteiger partial charge in [-0.1, -0.05) is 100 Å². The van der Waals surface area contributed by atoms with Gasteiger partial charge in [0.1, 0.15) is 11.5 Å². The molecule has 0 fully saturated rings. The summed E-state index contributed by atoms with van der Waals surface area (Å²) in [4.78, 5) is 20.0. The Morgan fingerprint density at radius 1 is 0.450 bits per heavy atom. The second kappa shape index (κ2) is 20.7. The first-order valence-electron chi connectivity index (χ1n) is 29.3. The van der Waals surface area contributed by atoms with Crippen LogP contribution < -0.4 is 9.47 Å². The molecule has 0 atom stereocenters. The van der Waals surface area contributed by atoms with Gasteiger partial charge >= 0.3 is 0 Å². The maximum absolute atomic E-state index is 6.21. The van der Waals surface area contributed by atoms with Gasteiger partial charge in [-0.15, -0.1) is 0 Å². The van der Waals surface area contributed by atoms with Crippen molar-refractivity contribution < 1.29 is 9.47 Å². The van der Waals surface area contributed by atoms with Gasteiger partial charge in [0.15, 0.2) is 0 Å². The summed E-state index contributed by atoms with van der Waals surface area (Å²) in [7, 11) is 3.59. The third kappa shape index (κ3) is 8.03. The van der Waals surface area contributed by atoms with Crippen LogP contribution >= 0.6 is 31.9 Å². The molecule has 20 bridgehead atoms. The third-order valence-corrected chi connectivity index (χ3v) is 20.3. The summed E-state index contributed by atoms with van der Waals surface area (Å²) in [5, 5.41) is 0. The Bertz CT molecular complexity index is 4100. The number of nitrogens with zero attached hydrogens (tertiary/aromatic N) is 2. The van der Waals surface area contributed by atoms with Crippen molar-refractivity contribution in [2.75, 3.05) is 14.2 Å². The van der Waals surface area contributed by atoms with E-state index in [1.165, 1.54) is 117 Å². The Morgan fingerprint density at radius 2 is 0.887 bits per heavy atom. The van der Waals surface area contributed by atoms with Crippen LogP contribution in [0, 0.1) is 13.8 Å². The molecule has 2 N–H and O–H groups in total. The maximum atomic E-state index is 6.21. The van der Waals surface area contributed by atoms with Crippen molar-refractivity contribution in [1.29, 1.82) is 0 Å². The fourth-order valence-electron chi connectivity index (χ4n) is 14.5. The van der Waals surface area contributed by atoms with E-state index in [1.807, 2.05) is 0 Å². The molecule has 0 spiro atoms. The number of allylic oxidation sites excluding steroid dienone is 4. The van der Waals surface area contributed by atoms with Crippen molar-refractivity contribution in [2.45, 2.75) is 132 Å². The van der Waals surface area contributed by atoms with Crippen LogP contribution in [0.2, 0.25) is 0 Å². The topological polar surface area (TPSA) is 75.8 Å². The van der Waals surface area contributed by atoms with Gasteiger partial charge in [0.25, 0.3) is 0 Å². The predicted molar refractivity (Wildman–Crippen MR) is 343 cm³/mol. The number of fused-ring (bicyclic) bond motifs is 1. The lowest BCUT2D eigenvalue weighted by Gasteiger charge is -2.28. The van der Waals surface area contributed by atoms with Crippen molar-refractivity contribution in [3.05, 3.63) is 161 Å². The van der Waals surface area contributed by atoms with Gasteiger partial charge < -0.3 is 19.4 Å². The van der Waals surface area contributed by atoms with Gasteiger partial charge in [0.05, 0.1) is 57.0 Å². The molecule has 0 unspecified atom stereocenters. The van der Waals surface area contributed by atoms with Crippen molar-refractivity contribution >= 4 is 76.2 Å². The number of nitrogens with one attached hydrogen (secondary N) is 2. The van der Waals surface area contributed by atoms with E-state index >= 15 is 0 Å². The number of rotatable bonds is 6. The minimum atomic E-state index is 0.860. The Balaban J connectivity index is 1.10. The number of ether oxygens (including phenoxy) is 2. The van der Waals surface area contributed by atoms with Gasteiger partial charge in [-0.05, 0) is 260 Å². The lowest BCUT2D eigenvalue weighted by Crippen LogP contribution is -2.05. The number of aryl methyl sites for hydroxylation is 6. The second-order valence-electron chi connectivity index (χ2n) is 22.7. The Morgan fingerprint density at radius 3 is 1.38 bits per heavy atom. The van der Waals surface area contributed by atoms with Crippen LogP contribution in [0.4, 0.5) is 0 Å². The molecule has 11 aliphatic heterocycles. The summed E-state index contributed by atoms with van der Waals surface area (Å²) >= 11 is 8.06.